The largest absolute Gasteiger partial charge is 0.418 e. The van der Waals surface area contributed by atoms with Crippen molar-refractivity contribution >= 4 is 5.69 Å². The van der Waals surface area contributed by atoms with Crippen molar-refractivity contribution in [1.29, 1.82) is 0 Å². The molecule has 1 aromatic carbocycles. The van der Waals surface area contributed by atoms with E-state index >= 15 is 0 Å². The van der Waals surface area contributed by atoms with Crippen molar-refractivity contribution in [2.24, 2.45) is 0 Å². The number of nitrogens with zero attached hydrogens (tertiary/aromatic N) is 1. The first-order valence-electron chi connectivity index (χ1n) is 6.08. The van der Waals surface area contributed by atoms with E-state index < -0.39 is 11.7 Å². The molecule has 1 aliphatic rings. The Balaban J connectivity index is 2.34. The summed E-state index contributed by atoms with van der Waals surface area (Å²) < 4.78 is 38.8. The molecule has 5 heteroatoms. The molecule has 0 heterocycles. The molecule has 0 unspecified atom stereocenters. The smallest absolute Gasteiger partial charge is 0.395 e. The molecule has 1 fully saturated rings. The zero-order valence-electron chi connectivity index (χ0n) is 9.95. The van der Waals surface area contributed by atoms with Gasteiger partial charge in [0.25, 0.3) is 0 Å². The third-order valence-electron chi connectivity index (χ3n) is 3.38. The van der Waals surface area contributed by atoms with E-state index in [1.165, 1.54) is 12.1 Å². The molecule has 0 spiro atoms. The van der Waals surface area contributed by atoms with Gasteiger partial charge in [-0.2, -0.15) is 13.2 Å². The fourth-order valence-electron chi connectivity index (χ4n) is 2.27. The molecule has 0 amide bonds. The number of benzene rings is 1. The van der Waals surface area contributed by atoms with E-state index in [0.29, 0.717) is 0 Å². The molecule has 0 bridgehead atoms. The molecule has 0 radical (unpaired) electrons. The maximum atomic E-state index is 12.9. The van der Waals surface area contributed by atoms with Gasteiger partial charge in [-0.25, -0.2) is 0 Å². The standard InChI is InChI=1S/C13H16F3NO/c14-13(15,16)11-6-1-2-7-12(11)17(8-9-18)10-4-3-5-10/h1-2,6-7,10,18H,3-5,8-9H2. The molecule has 1 saturated carbocycles. The Morgan fingerprint density at radius 3 is 2.39 bits per heavy atom. The van der Waals surface area contributed by atoms with Gasteiger partial charge < -0.3 is 10.0 Å². The minimum absolute atomic E-state index is 0.126. The SMILES string of the molecule is OCCN(c1ccccc1C(F)(F)F)C1CCC1. The Bertz CT molecular complexity index is 401. The molecule has 0 saturated heterocycles. The summed E-state index contributed by atoms with van der Waals surface area (Å²) in [4.78, 5) is 1.69. The molecule has 1 N–H and O–H groups in total. The van der Waals surface area contributed by atoms with Crippen LogP contribution >= 0.6 is 0 Å². The van der Waals surface area contributed by atoms with Crippen molar-refractivity contribution in [3.05, 3.63) is 29.8 Å². The van der Waals surface area contributed by atoms with Gasteiger partial charge in [0.2, 0.25) is 0 Å². The van der Waals surface area contributed by atoms with Crippen molar-refractivity contribution in [2.75, 3.05) is 18.1 Å². The number of rotatable bonds is 4. The lowest BCUT2D eigenvalue weighted by Gasteiger charge is -2.40. The van der Waals surface area contributed by atoms with E-state index in [0.717, 1.165) is 25.3 Å². The van der Waals surface area contributed by atoms with Crippen LogP contribution in [0.4, 0.5) is 18.9 Å². The highest BCUT2D eigenvalue weighted by Gasteiger charge is 2.36. The Labute approximate surface area is 104 Å². The summed E-state index contributed by atoms with van der Waals surface area (Å²) in [5.41, 5.74) is -0.436. The van der Waals surface area contributed by atoms with E-state index in [9.17, 15) is 13.2 Å². The molecule has 18 heavy (non-hydrogen) atoms. The fourth-order valence-corrected chi connectivity index (χ4v) is 2.27. The molecular formula is C13H16F3NO. The van der Waals surface area contributed by atoms with Crippen LogP contribution in [0.5, 0.6) is 0 Å². The van der Waals surface area contributed by atoms with E-state index in [1.807, 2.05) is 0 Å². The van der Waals surface area contributed by atoms with Gasteiger partial charge >= 0.3 is 6.18 Å². The predicted molar refractivity (Wildman–Crippen MR) is 63.5 cm³/mol. The number of hydrogen-bond donors (Lipinski definition) is 1. The monoisotopic (exact) mass is 259 g/mol. The van der Waals surface area contributed by atoms with Gasteiger partial charge in [0.1, 0.15) is 0 Å². The predicted octanol–water partition coefficient (Wildman–Crippen LogP) is 3.06. The molecule has 100 valence electrons. The topological polar surface area (TPSA) is 23.5 Å². The zero-order valence-corrected chi connectivity index (χ0v) is 9.95. The van der Waals surface area contributed by atoms with Crippen LogP contribution in [-0.2, 0) is 6.18 Å². The zero-order chi connectivity index (χ0) is 13.2. The molecule has 2 rings (SSSR count). The first kappa shape index (κ1) is 13.2. The average molecular weight is 259 g/mol. The highest BCUT2D eigenvalue weighted by Crippen LogP contribution is 2.39. The number of aliphatic hydroxyl groups is 1. The fraction of sp³-hybridized carbons (Fsp3) is 0.538. The molecule has 1 aliphatic carbocycles. The van der Waals surface area contributed by atoms with Gasteiger partial charge in [0.05, 0.1) is 12.2 Å². The van der Waals surface area contributed by atoms with E-state index in [1.54, 1.807) is 11.0 Å². The van der Waals surface area contributed by atoms with E-state index in [-0.39, 0.29) is 24.9 Å². The van der Waals surface area contributed by atoms with Crippen LogP contribution in [0, 0.1) is 0 Å². The number of para-hydroxylation sites is 1. The maximum Gasteiger partial charge on any atom is 0.418 e. The first-order chi connectivity index (χ1) is 8.54. The summed E-state index contributed by atoms with van der Waals surface area (Å²) in [5.74, 6) is 0. The average Bonchev–Trinajstić information content (AvgIpc) is 2.25. The first-order valence-corrected chi connectivity index (χ1v) is 6.08. The minimum Gasteiger partial charge on any atom is -0.395 e. The van der Waals surface area contributed by atoms with Crippen molar-refractivity contribution in [2.45, 2.75) is 31.5 Å². The third kappa shape index (κ3) is 2.61. The number of hydrogen-bond acceptors (Lipinski definition) is 2. The quantitative estimate of drug-likeness (QED) is 0.898. The highest BCUT2D eigenvalue weighted by atomic mass is 19.4. The minimum atomic E-state index is -4.35. The lowest BCUT2D eigenvalue weighted by atomic mass is 9.90. The Kier molecular flexibility index (Phi) is 3.80. The number of halogens is 3. The van der Waals surface area contributed by atoms with Gasteiger partial charge in [-0.15, -0.1) is 0 Å². The van der Waals surface area contributed by atoms with Gasteiger partial charge in [0.15, 0.2) is 0 Å². The van der Waals surface area contributed by atoms with E-state index in [2.05, 4.69) is 0 Å². The number of anilines is 1. The van der Waals surface area contributed by atoms with Crippen LogP contribution in [0.3, 0.4) is 0 Å². The van der Waals surface area contributed by atoms with Crippen molar-refractivity contribution in [3.63, 3.8) is 0 Å². The summed E-state index contributed by atoms with van der Waals surface area (Å²) in [7, 11) is 0. The van der Waals surface area contributed by atoms with Crippen LogP contribution in [-0.4, -0.2) is 24.3 Å². The lowest BCUT2D eigenvalue weighted by Crippen LogP contribution is -2.42. The molecule has 0 aromatic heterocycles. The normalized spacial score (nSPS) is 16.4. The van der Waals surface area contributed by atoms with Crippen LogP contribution in [0.1, 0.15) is 24.8 Å². The maximum absolute atomic E-state index is 12.9. The van der Waals surface area contributed by atoms with Crippen LogP contribution < -0.4 is 4.90 Å². The Morgan fingerprint density at radius 2 is 1.89 bits per heavy atom. The number of alkyl halides is 3. The van der Waals surface area contributed by atoms with Crippen LogP contribution in [0.25, 0.3) is 0 Å². The van der Waals surface area contributed by atoms with Gasteiger partial charge in [-0.1, -0.05) is 12.1 Å². The van der Waals surface area contributed by atoms with Crippen molar-refractivity contribution in [1.82, 2.24) is 0 Å². The summed E-state index contributed by atoms with van der Waals surface area (Å²) in [6, 6.07) is 5.70. The second kappa shape index (κ2) is 5.18. The highest BCUT2D eigenvalue weighted by molar-refractivity contribution is 5.56. The Morgan fingerprint density at radius 1 is 1.22 bits per heavy atom. The van der Waals surface area contributed by atoms with Gasteiger partial charge in [-0.05, 0) is 31.4 Å². The summed E-state index contributed by atoms with van der Waals surface area (Å²) >= 11 is 0. The summed E-state index contributed by atoms with van der Waals surface area (Å²) in [6.07, 6.45) is -1.52. The van der Waals surface area contributed by atoms with Gasteiger partial charge in [0, 0.05) is 18.3 Å². The Hall–Kier alpha value is -1.23. The molecule has 0 aliphatic heterocycles. The van der Waals surface area contributed by atoms with Crippen molar-refractivity contribution < 1.29 is 18.3 Å². The molecule has 2 nitrogen and oxygen atoms in total. The second-order valence-electron chi connectivity index (χ2n) is 4.52. The molecule has 1 aromatic rings. The molecular weight excluding hydrogens is 243 g/mol. The summed E-state index contributed by atoms with van der Waals surface area (Å²) in [6.45, 7) is 0.112. The number of aliphatic hydroxyl groups excluding tert-OH is 1. The van der Waals surface area contributed by atoms with Crippen LogP contribution in [0.15, 0.2) is 24.3 Å². The van der Waals surface area contributed by atoms with E-state index in [4.69, 9.17) is 5.11 Å². The van der Waals surface area contributed by atoms with Crippen molar-refractivity contribution in [3.8, 4) is 0 Å². The molecule has 0 atom stereocenters. The lowest BCUT2D eigenvalue weighted by molar-refractivity contribution is -0.137. The second-order valence-corrected chi connectivity index (χ2v) is 4.52. The summed E-state index contributed by atoms with van der Waals surface area (Å²) in [5, 5.41) is 9.04. The third-order valence-corrected chi connectivity index (χ3v) is 3.38. The van der Waals surface area contributed by atoms with Crippen LogP contribution in [0.2, 0.25) is 0 Å². The van der Waals surface area contributed by atoms with Gasteiger partial charge in [-0.3, -0.25) is 0 Å².